The highest BCUT2D eigenvalue weighted by Gasteiger charge is 2.62. The summed E-state index contributed by atoms with van der Waals surface area (Å²) in [5.41, 5.74) is 10.7. The van der Waals surface area contributed by atoms with Gasteiger partial charge in [-0.15, -0.1) is 0 Å². The smallest absolute Gasteiger partial charge is 0.231 e. The monoisotopic (exact) mass is 287 g/mol. The molecule has 100 valence electrons. The lowest BCUT2D eigenvalue weighted by Crippen LogP contribution is -2.31. The molecule has 1 fully saturated rings. The molecule has 2 aromatic heterocycles. The van der Waals surface area contributed by atoms with Gasteiger partial charge in [0.1, 0.15) is 16.4 Å². The predicted molar refractivity (Wildman–Crippen MR) is 73.6 cm³/mol. The van der Waals surface area contributed by atoms with Crippen molar-refractivity contribution in [2.45, 2.75) is 11.8 Å². The number of pyridine rings is 2. The largest absolute Gasteiger partial charge is 0.383 e. The minimum atomic E-state index is -0.993. The fourth-order valence-electron chi connectivity index (χ4n) is 2.48. The van der Waals surface area contributed by atoms with Crippen LogP contribution in [0.1, 0.15) is 12.1 Å². The number of amides is 1. The topological polar surface area (TPSA) is 119 Å². The molecule has 0 aliphatic heterocycles. The maximum Gasteiger partial charge on any atom is 0.231 e. The van der Waals surface area contributed by atoms with Gasteiger partial charge in [0.05, 0.1) is 17.7 Å². The van der Waals surface area contributed by atoms with Gasteiger partial charge in [-0.25, -0.2) is 4.98 Å². The van der Waals surface area contributed by atoms with Crippen LogP contribution >= 0.6 is 11.6 Å². The molecule has 1 aliphatic carbocycles. The fourth-order valence-corrected chi connectivity index (χ4v) is 2.69. The van der Waals surface area contributed by atoms with Crippen LogP contribution in [0, 0.1) is 17.2 Å². The van der Waals surface area contributed by atoms with Crippen LogP contribution in [0.4, 0.5) is 5.82 Å². The summed E-state index contributed by atoms with van der Waals surface area (Å²) in [6, 6.07) is 5.41. The van der Waals surface area contributed by atoms with E-state index < -0.39 is 17.2 Å². The number of hydrogen-bond donors (Lipinski definition) is 2. The minimum Gasteiger partial charge on any atom is -0.383 e. The van der Waals surface area contributed by atoms with E-state index in [1.165, 1.54) is 6.20 Å². The lowest BCUT2D eigenvalue weighted by atomic mass is 9.96. The maximum absolute atomic E-state index is 11.7. The zero-order valence-corrected chi connectivity index (χ0v) is 11.1. The molecule has 20 heavy (non-hydrogen) atoms. The van der Waals surface area contributed by atoms with Gasteiger partial charge in [0.25, 0.3) is 0 Å². The Labute approximate surface area is 119 Å². The minimum absolute atomic E-state index is 0.257. The van der Waals surface area contributed by atoms with E-state index in [1.54, 1.807) is 12.1 Å². The third-order valence-electron chi connectivity index (χ3n) is 3.73. The number of anilines is 1. The first-order valence-electron chi connectivity index (χ1n) is 5.91. The van der Waals surface area contributed by atoms with Crippen LogP contribution in [-0.2, 0) is 10.2 Å². The van der Waals surface area contributed by atoms with E-state index in [9.17, 15) is 4.79 Å². The summed E-state index contributed by atoms with van der Waals surface area (Å²) in [4.78, 5) is 19.9. The van der Waals surface area contributed by atoms with Crippen LogP contribution in [0.3, 0.4) is 0 Å². The molecular formula is C13H10ClN5O. The van der Waals surface area contributed by atoms with Crippen LogP contribution in [0.15, 0.2) is 18.3 Å². The van der Waals surface area contributed by atoms with E-state index in [2.05, 4.69) is 16.0 Å². The molecule has 4 N–H and O–H groups in total. The molecule has 0 spiro atoms. The quantitative estimate of drug-likeness (QED) is 0.803. The van der Waals surface area contributed by atoms with Gasteiger partial charge in [0.2, 0.25) is 5.91 Å². The highest BCUT2D eigenvalue weighted by Crippen LogP contribution is 2.53. The zero-order valence-electron chi connectivity index (χ0n) is 10.3. The van der Waals surface area contributed by atoms with E-state index in [-0.39, 0.29) is 11.0 Å². The van der Waals surface area contributed by atoms with E-state index in [4.69, 9.17) is 28.3 Å². The molecule has 2 aromatic rings. The first-order valence-corrected chi connectivity index (χ1v) is 6.28. The van der Waals surface area contributed by atoms with Crippen molar-refractivity contribution in [2.24, 2.45) is 11.7 Å². The number of carbonyl (C=O) groups excluding carboxylic acids is 1. The Bertz CT molecular complexity index is 784. The van der Waals surface area contributed by atoms with Crippen LogP contribution < -0.4 is 11.5 Å². The van der Waals surface area contributed by atoms with Crippen LogP contribution in [0.25, 0.3) is 10.8 Å². The number of fused-ring (bicyclic) bond motifs is 1. The van der Waals surface area contributed by atoms with E-state index in [1.807, 2.05) is 0 Å². The van der Waals surface area contributed by atoms with Gasteiger partial charge in [-0.05, 0) is 23.9 Å². The van der Waals surface area contributed by atoms with Crippen molar-refractivity contribution < 1.29 is 4.79 Å². The number of halogens is 1. The van der Waals surface area contributed by atoms with Gasteiger partial charge in [0, 0.05) is 11.6 Å². The number of hydrogen-bond acceptors (Lipinski definition) is 5. The molecule has 2 unspecified atom stereocenters. The Kier molecular flexibility index (Phi) is 2.56. The Morgan fingerprint density at radius 2 is 2.30 bits per heavy atom. The molecule has 1 saturated carbocycles. The highest BCUT2D eigenvalue weighted by atomic mass is 35.5. The van der Waals surface area contributed by atoms with E-state index in [0.717, 1.165) is 5.39 Å². The van der Waals surface area contributed by atoms with Crippen LogP contribution in [0.5, 0.6) is 0 Å². The molecule has 0 bridgehead atoms. The first kappa shape index (κ1) is 12.6. The number of carbonyl (C=O) groups is 1. The Morgan fingerprint density at radius 3 is 2.90 bits per heavy atom. The Balaban J connectivity index is 2.20. The maximum atomic E-state index is 11.7. The van der Waals surface area contributed by atoms with Crippen molar-refractivity contribution in [1.29, 1.82) is 5.26 Å². The van der Waals surface area contributed by atoms with Gasteiger partial charge in [0.15, 0.2) is 0 Å². The number of nitrogens with zero attached hydrogens (tertiary/aromatic N) is 3. The van der Waals surface area contributed by atoms with Crippen molar-refractivity contribution in [2.75, 3.05) is 5.73 Å². The van der Waals surface area contributed by atoms with Crippen molar-refractivity contribution in [3.63, 3.8) is 0 Å². The Morgan fingerprint density at radius 1 is 1.55 bits per heavy atom. The van der Waals surface area contributed by atoms with E-state index >= 15 is 0 Å². The van der Waals surface area contributed by atoms with Gasteiger partial charge >= 0.3 is 0 Å². The van der Waals surface area contributed by atoms with Crippen molar-refractivity contribution in [3.8, 4) is 6.07 Å². The van der Waals surface area contributed by atoms with Crippen molar-refractivity contribution in [1.82, 2.24) is 9.97 Å². The summed E-state index contributed by atoms with van der Waals surface area (Å²) in [7, 11) is 0. The van der Waals surface area contributed by atoms with Gasteiger partial charge in [-0.2, -0.15) is 5.26 Å². The summed E-state index contributed by atoms with van der Waals surface area (Å²) in [6.07, 6.45) is 1.92. The number of nitrogen functional groups attached to an aromatic ring is 1. The van der Waals surface area contributed by atoms with Crippen molar-refractivity contribution >= 4 is 34.1 Å². The number of nitriles is 1. The molecule has 0 saturated heterocycles. The number of nitrogens with two attached hydrogens (primary N) is 2. The fraction of sp³-hybridized carbons (Fsp3) is 0.231. The predicted octanol–water partition coefficient (Wildman–Crippen LogP) is 1.13. The van der Waals surface area contributed by atoms with Crippen molar-refractivity contribution in [3.05, 3.63) is 29.2 Å². The lowest BCUT2D eigenvalue weighted by Gasteiger charge is -2.12. The standard InChI is InChI=1S/C13H10ClN5O/c14-10-2-6-1-9(18-5-8(6)11(16)19-10)13(12(17)20)3-7(13)4-15/h1-2,5,7H,3H2,(H2,16,19)(H2,17,20). The molecule has 1 amide bonds. The van der Waals surface area contributed by atoms with Gasteiger partial charge < -0.3 is 11.5 Å². The molecule has 6 nitrogen and oxygen atoms in total. The third-order valence-corrected chi connectivity index (χ3v) is 3.92. The van der Waals surface area contributed by atoms with Gasteiger partial charge in [-0.3, -0.25) is 9.78 Å². The molecule has 0 radical (unpaired) electrons. The normalized spacial score (nSPS) is 24.3. The van der Waals surface area contributed by atoms with Gasteiger partial charge in [-0.1, -0.05) is 11.6 Å². The summed E-state index contributed by atoms with van der Waals surface area (Å²) in [5, 5.41) is 10.6. The summed E-state index contributed by atoms with van der Waals surface area (Å²) < 4.78 is 0. The SMILES string of the molecule is N#CC1CC1(C(N)=O)c1cc2cc(Cl)nc(N)c2cn1. The van der Waals surface area contributed by atoms with Crippen LogP contribution in [-0.4, -0.2) is 15.9 Å². The summed E-state index contributed by atoms with van der Waals surface area (Å²) >= 11 is 5.87. The molecule has 7 heteroatoms. The summed E-state index contributed by atoms with van der Waals surface area (Å²) in [5.74, 6) is -0.698. The molecule has 1 aliphatic rings. The summed E-state index contributed by atoms with van der Waals surface area (Å²) in [6.45, 7) is 0. The second kappa shape index (κ2) is 4.05. The Hall–Kier alpha value is -2.39. The molecule has 0 aromatic carbocycles. The third kappa shape index (κ3) is 1.60. The van der Waals surface area contributed by atoms with Crippen LogP contribution in [0.2, 0.25) is 5.15 Å². The molecule has 2 heterocycles. The second-order valence-corrected chi connectivity index (χ2v) is 5.23. The van der Waals surface area contributed by atoms with E-state index in [0.29, 0.717) is 17.5 Å². The lowest BCUT2D eigenvalue weighted by molar-refractivity contribution is -0.120. The average Bonchev–Trinajstić information content (AvgIpc) is 3.13. The second-order valence-electron chi connectivity index (χ2n) is 4.84. The first-order chi connectivity index (χ1) is 9.49. The zero-order chi connectivity index (χ0) is 14.5. The average molecular weight is 288 g/mol. The molecule has 2 atom stereocenters. The molecular weight excluding hydrogens is 278 g/mol. The number of rotatable bonds is 2. The highest BCUT2D eigenvalue weighted by molar-refractivity contribution is 6.30. The molecule has 3 rings (SSSR count). The number of primary amides is 1. The number of aromatic nitrogens is 2.